The van der Waals surface area contributed by atoms with Crippen molar-refractivity contribution in [2.45, 2.75) is 11.8 Å². The van der Waals surface area contributed by atoms with E-state index >= 15 is 0 Å². The number of rotatable bonds is 3. The zero-order valence-electron chi connectivity index (χ0n) is 10.9. The van der Waals surface area contributed by atoms with Gasteiger partial charge in [0.2, 0.25) is 0 Å². The van der Waals surface area contributed by atoms with Crippen molar-refractivity contribution >= 4 is 61.1 Å². The Balaban J connectivity index is 2.30. The highest BCUT2D eigenvalue weighted by molar-refractivity contribution is 14.1. The molecule has 2 aromatic carbocycles. The van der Waals surface area contributed by atoms with Crippen LogP contribution in [0.2, 0.25) is 0 Å². The number of aryl methyl sites for hydroxylation is 1. The van der Waals surface area contributed by atoms with Crippen LogP contribution in [0.25, 0.3) is 0 Å². The normalized spacial score (nSPS) is 11.2. The number of benzene rings is 2. The van der Waals surface area contributed by atoms with E-state index in [9.17, 15) is 13.2 Å². The number of carbonyl (C=O) groups is 1. The van der Waals surface area contributed by atoms with Gasteiger partial charge in [0.15, 0.2) is 0 Å². The van der Waals surface area contributed by atoms with Crippen molar-refractivity contribution in [3.8, 4) is 0 Å². The van der Waals surface area contributed by atoms with Crippen molar-refractivity contribution in [3.05, 3.63) is 60.7 Å². The van der Waals surface area contributed by atoms with Crippen LogP contribution in [0.15, 0.2) is 47.4 Å². The molecule has 0 unspecified atom stereocenters. The van der Waals surface area contributed by atoms with Crippen molar-refractivity contribution in [2.75, 3.05) is 0 Å². The lowest BCUT2D eigenvalue weighted by Crippen LogP contribution is -2.31. The van der Waals surface area contributed by atoms with Crippen LogP contribution in [0.3, 0.4) is 0 Å². The molecule has 0 bridgehead atoms. The number of nitrogens with one attached hydrogen (secondary N) is 1. The molecule has 0 aliphatic rings. The fourth-order valence-corrected chi connectivity index (χ4v) is 3.66. The van der Waals surface area contributed by atoms with Crippen molar-refractivity contribution in [2.24, 2.45) is 0 Å². The van der Waals surface area contributed by atoms with Crippen molar-refractivity contribution in [1.82, 2.24) is 4.72 Å². The van der Waals surface area contributed by atoms with E-state index in [2.05, 4.69) is 27.3 Å². The molecule has 0 heterocycles. The summed E-state index contributed by atoms with van der Waals surface area (Å²) in [5.41, 5.74) is 1.30. The lowest BCUT2D eigenvalue weighted by Gasteiger charge is -2.09. The van der Waals surface area contributed by atoms with E-state index in [1.807, 2.05) is 35.6 Å². The van der Waals surface area contributed by atoms with Gasteiger partial charge in [-0.1, -0.05) is 17.7 Å². The second-order valence-electron chi connectivity index (χ2n) is 4.37. The van der Waals surface area contributed by atoms with Gasteiger partial charge in [-0.2, -0.15) is 0 Å². The molecule has 0 aliphatic heterocycles. The summed E-state index contributed by atoms with van der Waals surface area (Å²) >= 11 is 4.08. The number of sulfonamides is 1. The molecule has 2 aromatic rings. The van der Waals surface area contributed by atoms with Gasteiger partial charge in [0.05, 0.1) is 10.5 Å². The van der Waals surface area contributed by atoms with Gasteiger partial charge in [0.25, 0.3) is 15.9 Å². The Morgan fingerprint density at radius 1 is 1.14 bits per heavy atom. The molecule has 110 valence electrons. The van der Waals surface area contributed by atoms with Crippen LogP contribution in [0.4, 0.5) is 0 Å². The van der Waals surface area contributed by atoms with E-state index in [0.29, 0.717) is 9.13 Å². The summed E-state index contributed by atoms with van der Waals surface area (Å²) in [5, 5.41) is 0. The highest BCUT2D eigenvalue weighted by Crippen LogP contribution is 2.17. The van der Waals surface area contributed by atoms with Gasteiger partial charge < -0.3 is 0 Å². The SMILES string of the molecule is Cc1ccc(S(=O)(=O)NC(=O)c2cc(I)ccc2[125I])cc1. The molecule has 0 aromatic heterocycles. The van der Waals surface area contributed by atoms with Gasteiger partial charge in [-0.3, -0.25) is 4.79 Å². The molecule has 21 heavy (non-hydrogen) atoms. The predicted octanol–water partition coefficient (Wildman–Crippen LogP) is 3.32. The van der Waals surface area contributed by atoms with Crippen LogP contribution in [0.5, 0.6) is 0 Å². The third-order valence-corrected chi connectivity index (χ3v) is 5.69. The van der Waals surface area contributed by atoms with Crippen LogP contribution in [0.1, 0.15) is 15.9 Å². The maximum Gasteiger partial charge on any atom is 0.266 e. The van der Waals surface area contributed by atoms with E-state index in [-0.39, 0.29) is 4.90 Å². The Morgan fingerprint density at radius 2 is 1.76 bits per heavy atom. The van der Waals surface area contributed by atoms with Gasteiger partial charge in [-0.15, -0.1) is 0 Å². The van der Waals surface area contributed by atoms with Gasteiger partial charge in [0.1, 0.15) is 0 Å². The summed E-state index contributed by atoms with van der Waals surface area (Å²) in [7, 11) is -3.86. The molecule has 0 fully saturated rings. The Morgan fingerprint density at radius 3 is 2.38 bits per heavy atom. The molecule has 0 saturated heterocycles. The molecule has 2 rings (SSSR count). The van der Waals surface area contributed by atoms with Gasteiger partial charge >= 0.3 is 0 Å². The second kappa shape index (κ2) is 6.61. The van der Waals surface area contributed by atoms with Crippen molar-refractivity contribution in [1.29, 1.82) is 0 Å². The molecule has 0 saturated carbocycles. The summed E-state index contributed by atoms with van der Waals surface area (Å²) in [5.74, 6) is -0.626. The lowest BCUT2D eigenvalue weighted by atomic mass is 10.2. The van der Waals surface area contributed by atoms with E-state index in [1.165, 1.54) is 12.1 Å². The Bertz CT molecular complexity index is 786. The standard InChI is InChI=1S/C14H11I2NO3S/c1-9-2-5-11(6-3-9)21(19,20)17-14(18)12-8-10(15)4-7-13(12)16/h2-8H,1H3,(H,17,18)/i16-2. The average molecular weight is 525 g/mol. The predicted molar refractivity (Wildman–Crippen MR) is 97.7 cm³/mol. The fourth-order valence-electron chi connectivity index (χ4n) is 1.62. The van der Waals surface area contributed by atoms with E-state index in [0.717, 1.165) is 9.13 Å². The zero-order valence-corrected chi connectivity index (χ0v) is 16.1. The Labute approximate surface area is 150 Å². The van der Waals surface area contributed by atoms with Crippen LogP contribution in [0, 0.1) is 14.1 Å². The topological polar surface area (TPSA) is 63.2 Å². The quantitative estimate of drug-likeness (QED) is 0.626. The first-order valence-electron chi connectivity index (χ1n) is 5.88. The van der Waals surface area contributed by atoms with Crippen LogP contribution >= 0.6 is 45.2 Å². The van der Waals surface area contributed by atoms with Crippen molar-refractivity contribution < 1.29 is 13.2 Å². The van der Waals surface area contributed by atoms with Crippen LogP contribution in [-0.4, -0.2) is 14.3 Å². The maximum atomic E-state index is 12.2. The summed E-state index contributed by atoms with van der Waals surface area (Å²) in [6.07, 6.45) is 0. The van der Waals surface area contributed by atoms with Gasteiger partial charge in [-0.05, 0) is 82.4 Å². The molecule has 0 atom stereocenters. The minimum Gasteiger partial charge on any atom is -0.268 e. The highest BCUT2D eigenvalue weighted by atomic mass is 127. The minimum atomic E-state index is -3.86. The monoisotopic (exact) mass is 525 g/mol. The zero-order chi connectivity index (χ0) is 15.6. The highest BCUT2D eigenvalue weighted by Gasteiger charge is 2.20. The molecule has 0 aliphatic carbocycles. The summed E-state index contributed by atoms with van der Waals surface area (Å²) in [6, 6.07) is 11.6. The van der Waals surface area contributed by atoms with Gasteiger partial charge in [-0.25, -0.2) is 13.1 Å². The number of hydrogen-bond donors (Lipinski definition) is 1. The number of amides is 1. The van der Waals surface area contributed by atoms with E-state index < -0.39 is 15.9 Å². The molecule has 0 spiro atoms. The van der Waals surface area contributed by atoms with Crippen molar-refractivity contribution in [3.63, 3.8) is 0 Å². The fraction of sp³-hybridized carbons (Fsp3) is 0.0714. The molecule has 1 amide bonds. The van der Waals surface area contributed by atoms with Crippen LogP contribution < -0.4 is 4.72 Å². The largest absolute Gasteiger partial charge is 0.268 e. The van der Waals surface area contributed by atoms with E-state index in [4.69, 9.17) is 0 Å². The maximum absolute atomic E-state index is 12.2. The summed E-state index contributed by atoms with van der Waals surface area (Å²) in [6.45, 7) is 1.86. The third-order valence-electron chi connectivity index (χ3n) is 2.73. The Hall–Kier alpha value is -0.680. The first kappa shape index (κ1) is 16.7. The summed E-state index contributed by atoms with van der Waals surface area (Å²) in [4.78, 5) is 12.2. The molecular formula is C14H11I2NO3S. The summed E-state index contributed by atoms with van der Waals surface area (Å²) < 4.78 is 28.0. The minimum absolute atomic E-state index is 0.0714. The smallest absolute Gasteiger partial charge is 0.266 e. The first-order chi connectivity index (χ1) is 9.79. The first-order valence-corrected chi connectivity index (χ1v) is 9.52. The molecule has 4 nitrogen and oxygen atoms in total. The van der Waals surface area contributed by atoms with Gasteiger partial charge in [0, 0.05) is 7.14 Å². The molecular weight excluding hydrogens is 514 g/mol. The van der Waals surface area contributed by atoms with Crippen LogP contribution in [-0.2, 0) is 10.0 Å². The van der Waals surface area contributed by atoms with E-state index in [1.54, 1.807) is 24.3 Å². The third kappa shape index (κ3) is 4.16. The molecule has 7 heteroatoms. The number of hydrogen-bond acceptors (Lipinski definition) is 3. The number of carbonyl (C=O) groups excluding carboxylic acids is 1. The molecule has 0 radical (unpaired) electrons. The second-order valence-corrected chi connectivity index (χ2v) is 8.46. The Kier molecular flexibility index (Phi) is 5.25. The molecule has 1 N–H and O–H groups in total. The average Bonchev–Trinajstić information content (AvgIpc) is 2.41. The lowest BCUT2D eigenvalue weighted by molar-refractivity contribution is 0.0980. The number of halogens is 2.